The van der Waals surface area contributed by atoms with Gasteiger partial charge in [0.2, 0.25) is 17.7 Å². The standard InChI is InChI=1S/C30H41N3O5/c1-6-9-17-31(15-7-2)28(37)25-30-20-21(4)29(5,38-30)23(24(30)27(36)33(25)18-19-34)26(35)32(16-8-3)22-13-11-10-12-14-22/h7-8,10-14,21,23-25,34H,2-3,6,9,15-20H2,1,4-5H3/t21?,23-,24-,25?,29+,30?/m0/s1. The van der Waals surface area contributed by atoms with Crippen LogP contribution in [0.15, 0.2) is 55.6 Å². The largest absolute Gasteiger partial charge is 0.395 e. The summed E-state index contributed by atoms with van der Waals surface area (Å²) in [6.07, 6.45) is 5.58. The number of para-hydroxylation sites is 1. The number of unbranched alkanes of at least 4 members (excludes halogenated alkanes) is 1. The Morgan fingerprint density at radius 1 is 1.18 bits per heavy atom. The first kappa shape index (κ1) is 28.0. The summed E-state index contributed by atoms with van der Waals surface area (Å²) in [5, 5.41) is 9.88. The van der Waals surface area contributed by atoms with Crippen LogP contribution in [0.4, 0.5) is 5.69 Å². The van der Waals surface area contributed by atoms with E-state index in [1.165, 1.54) is 4.90 Å². The Hall–Kier alpha value is -2.97. The summed E-state index contributed by atoms with van der Waals surface area (Å²) in [4.78, 5) is 47.5. The third-order valence-electron chi connectivity index (χ3n) is 8.74. The van der Waals surface area contributed by atoms with Crippen LogP contribution < -0.4 is 4.90 Å². The minimum Gasteiger partial charge on any atom is -0.395 e. The predicted molar refractivity (Wildman–Crippen MR) is 146 cm³/mol. The molecule has 3 fully saturated rings. The molecule has 3 amide bonds. The highest BCUT2D eigenvalue weighted by Crippen LogP contribution is 2.65. The topological polar surface area (TPSA) is 90.4 Å². The van der Waals surface area contributed by atoms with Crippen LogP contribution in [0.2, 0.25) is 0 Å². The number of aliphatic hydroxyl groups is 1. The molecule has 3 aliphatic heterocycles. The number of anilines is 1. The Morgan fingerprint density at radius 2 is 1.87 bits per heavy atom. The summed E-state index contributed by atoms with van der Waals surface area (Å²) in [5.74, 6) is -2.37. The van der Waals surface area contributed by atoms with E-state index in [4.69, 9.17) is 4.74 Å². The number of rotatable bonds is 12. The maximum absolute atomic E-state index is 14.3. The van der Waals surface area contributed by atoms with Gasteiger partial charge in [0, 0.05) is 31.9 Å². The molecule has 8 nitrogen and oxygen atoms in total. The zero-order chi connectivity index (χ0) is 27.7. The Balaban J connectivity index is 1.80. The number of carbonyl (C=O) groups is 3. The molecule has 0 aromatic heterocycles. The molecule has 3 saturated heterocycles. The molecule has 206 valence electrons. The summed E-state index contributed by atoms with van der Waals surface area (Å²) in [5.41, 5.74) is -1.34. The Labute approximate surface area is 225 Å². The van der Waals surface area contributed by atoms with Gasteiger partial charge in [-0.2, -0.15) is 0 Å². The van der Waals surface area contributed by atoms with Crippen LogP contribution in [0.3, 0.4) is 0 Å². The van der Waals surface area contributed by atoms with E-state index in [0.717, 1.165) is 12.8 Å². The minimum atomic E-state index is -1.14. The smallest absolute Gasteiger partial charge is 0.248 e. The number of carbonyl (C=O) groups excluding carboxylic acids is 3. The van der Waals surface area contributed by atoms with Crippen LogP contribution in [0, 0.1) is 17.8 Å². The number of nitrogens with zero attached hydrogens (tertiary/aromatic N) is 3. The molecule has 1 N–H and O–H groups in total. The number of fused-ring (bicyclic) bond motifs is 1. The second kappa shape index (κ2) is 11.0. The molecule has 0 radical (unpaired) electrons. The highest BCUT2D eigenvalue weighted by Gasteiger charge is 2.80. The quantitative estimate of drug-likeness (QED) is 0.426. The Morgan fingerprint density at radius 3 is 2.47 bits per heavy atom. The molecule has 8 heteroatoms. The lowest BCUT2D eigenvalue weighted by Crippen LogP contribution is -2.57. The molecule has 1 spiro atoms. The number of hydrogen-bond donors (Lipinski definition) is 1. The lowest BCUT2D eigenvalue weighted by Gasteiger charge is -2.39. The molecule has 0 saturated carbocycles. The van der Waals surface area contributed by atoms with Crippen LogP contribution in [-0.2, 0) is 19.1 Å². The van der Waals surface area contributed by atoms with Crippen molar-refractivity contribution in [3.05, 3.63) is 55.6 Å². The van der Waals surface area contributed by atoms with E-state index in [9.17, 15) is 19.5 Å². The number of aliphatic hydroxyl groups excluding tert-OH is 1. The fourth-order valence-electron chi connectivity index (χ4n) is 6.94. The van der Waals surface area contributed by atoms with Crippen LogP contribution >= 0.6 is 0 Å². The highest BCUT2D eigenvalue weighted by atomic mass is 16.5. The van der Waals surface area contributed by atoms with Gasteiger partial charge in [0.1, 0.15) is 11.6 Å². The zero-order valence-electron chi connectivity index (χ0n) is 22.8. The van der Waals surface area contributed by atoms with Crippen molar-refractivity contribution in [3.8, 4) is 0 Å². The van der Waals surface area contributed by atoms with Crippen LogP contribution in [0.25, 0.3) is 0 Å². The lowest BCUT2D eigenvalue weighted by molar-refractivity contribution is -0.152. The molecule has 4 rings (SSSR count). The summed E-state index contributed by atoms with van der Waals surface area (Å²) in [6, 6.07) is 8.43. The minimum absolute atomic E-state index is 0.00756. The molecule has 3 unspecified atom stereocenters. The predicted octanol–water partition coefficient (Wildman–Crippen LogP) is 3.02. The fourth-order valence-corrected chi connectivity index (χ4v) is 6.94. The van der Waals surface area contributed by atoms with E-state index in [2.05, 4.69) is 20.1 Å². The first-order valence-electron chi connectivity index (χ1n) is 13.7. The van der Waals surface area contributed by atoms with Gasteiger partial charge in [-0.1, -0.05) is 50.6 Å². The fraction of sp³-hybridized carbons (Fsp3) is 0.567. The highest BCUT2D eigenvalue weighted by molar-refractivity contribution is 6.03. The molecule has 3 aliphatic rings. The van der Waals surface area contributed by atoms with Gasteiger partial charge >= 0.3 is 0 Å². The molecule has 0 aliphatic carbocycles. The molecule has 38 heavy (non-hydrogen) atoms. The second-order valence-electron chi connectivity index (χ2n) is 11.0. The van der Waals surface area contributed by atoms with Crippen molar-refractivity contribution >= 4 is 23.4 Å². The van der Waals surface area contributed by atoms with Gasteiger partial charge in [-0.15, -0.1) is 13.2 Å². The number of ether oxygens (including phenoxy) is 1. The van der Waals surface area contributed by atoms with Crippen LogP contribution in [-0.4, -0.2) is 82.7 Å². The normalized spacial score (nSPS) is 31.3. The summed E-state index contributed by atoms with van der Waals surface area (Å²) >= 11 is 0. The van der Waals surface area contributed by atoms with Crippen molar-refractivity contribution in [1.82, 2.24) is 9.80 Å². The first-order chi connectivity index (χ1) is 18.2. The Kier molecular flexibility index (Phi) is 8.14. The number of hydrogen-bond acceptors (Lipinski definition) is 5. The summed E-state index contributed by atoms with van der Waals surface area (Å²) in [7, 11) is 0. The van der Waals surface area contributed by atoms with Gasteiger partial charge in [-0.3, -0.25) is 14.4 Å². The third kappa shape index (κ3) is 4.28. The van der Waals surface area contributed by atoms with Gasteiger partial charge in [-0.25, -0.2) is 0 Å². The zero-order valence-corrected chi connectivity index (χ0v) is 22.8. The maximum Gasteiger partial charge on any atom is 0.248 e. The average Bonchev–Trinajstić information content (AvgIpc) is 3.42. The van der Waals surface area contributed by atoms with E-state index < -0.39 is 29.1 Å². The van der Waals surface area contributed by atoms with E-state index in [0.29, 0.717) is 25.2 Å². The molecule has 2 bridgehead atoms. The molecule has 6 atom stereocenters. The SMILES string of the molecule is C=CCN(CCCC)C(=O)C1N(CCO)C(=O)[C@@H]2[C@@H](C(=O)N(CC=C)c3ccccc3)[C@]3(C)OC12CC3C. The van der Waals surface area contributed by atoms with E-state index >= 15 is 0 Å². The molecular weight excluding hydrogens is 482 g/mol. The monoisotopic (exact) mass is 523 g/mol. The molecule has 3 heterocycles. The van der Waals surface area contributed by atoms with Gasteiger partial charge in [0.15, 0.2) is 0 Å². The van der Waals surface area contributed by atoms with Gasteiger partial charge in [0.05, 0.1) is 24.0 Å². The van der Waals surface area contributed by atoms with Crippen LogP contribution in [0.1, 0.15) is 40.0 Å². The van der Waals surface area contributed by atoms with Gasteiger partial charge in [-0.05, 0) is 37.8 Å². The maximum atomic E-state index is 14.3. The van der Waals surface area contributed by atoms with Crippen molar-refractivity contribution < 1.29 is 24.2 Å². The molecule has 1 aromatic carbocycles. The third-order valence-corrected chi connectivity index (χ3v) is 8.74. The van der Waals surface area contributed by atoms with Crippen molar-refractivity contribution in [3.63, 3.8) is 0 Å². The van der Waals surface area contributed by atoms with Gasteiger partial charge < -0.3 is 24.5 Å². The number of β-amino-alcohol motifs (C(OH)–C–C–N with tert-alkyl or cyclic N) is 1. The lowest BCUT2D eigenvalue weighted by atomic mass is 9.62. The molecular formula is C30H41N3O5. The summed E-state index contributed by atoms with van der Waals surface area (Å²) < 4.78 is 6.80. The number of benzene rings is 1. The second-order valence-corrected chi connectivity index (χ2v) is 11.0. The summed E-state index contributed by atoms with van der Waals surface area (Å²) in [6.45, 7) is 14.6. The van der Waals surface area contributed by atoms with E-state index in [1.807, 2.05) is 44.2 Å². The van der Waals surface area contributed by atoms with Crippen molar-refractivity contribution in [2.75, 3.05) is 37.7 Å². The first-order valence-corrected chi connectivity index (χ1v) is 13.7. The van der Waals surface area contributed by atoms with Gasteiger partial charge in [0.25, 0.3) is 0 Å². The van der Waals surface area contributed by atoms with E-state index in [1.54, 1.807) is 22.0 Å². The Bertz CT molecular complexity index is 1080. The molecule has 1 aromatic rings. The van der Waals surface area contributed by atoms with Crippen LogP contribution in [0.5, 0.6) is 0 Å². The van der Waals surface area contributed by atoms with Crippen molar-refractivity contribution in [1.29, 1.82) is 0 Å². The number of amides is 3. The average molecular weight is 524 g/mol. The van der Waals surface area contributed by atoms with E-state index in [-0.39, 0.29) is 43.3 Å². The van der Waals surface area contributed by atoms with Crippen molar-refractivity contribution in [2.24, 2.45) is 17.8 Å². The number of likely N-dealkylation sites (tertiary alicyclic amines) is 1. The van der Waals surface area contributed by atoms with Crippen molar-refractivity contribution in [2.45, 2.75) is 57.3 Å².